The Morgan fingerprint density at radius 1 is 1.00 bits per heavy atom. The van der Waals surface area contributed by atoms with E-state index in [9.17, 15) is 5.11 Å². The summed E-state index contributed by atoms with van der Waals surface area (Å²) >= 11 is 0. The Kier molecular flexibility index (Phi) is 10.9. The Bertz CT molecular complexity index is 285. The lowest BCUT2D eigenvalue weighted by atomic mass is 9.71. The minimum atomic E-state index is -0.791. The van der Waals surface area contributed by atoms with E-state index < -0.39 is 5.60 Å². The van der Waals surface area contributed by atoms with E-state index in [1.165, 1.54) is 0 Å². The number of nitrogens with zero attached hydrogens (tertiary/aromatic N) is 1. The van der Waals surface area contributed by atoms with Crippen LogP contribution in [0.2, 0.25) is 0 Å². The van der Waals surface area contributed by atoms with E-state index in [4.69, 9.17) is 4.84 Å². The van der Waals surface area contributed by atoms with Crippen LogP contribution in [0.3, 0.4) is 0 Å². The quantitative estimate of drug-likeness (QED) is 0.720. The van der Waals surface area contributed by atoms with Gasteiger partial charge in [0.05, 0.1) is 12.2 Å². The van der Waals surface area contributed by atoms with Gasteiger partial charge in [-0.3, -0.25) is 4.84 Å². The van der Waals surface area contributed by atoms with Crippen LogP contribution in [0, 0.1) is 11.8 Å². The van der Waals surface area contributed by atoms with Gasteiger partial charge in [-0.15, -0.1) is 0 Å². The van der Waals surface area contributed by atoms with Crippen molar-refractivity contribution < 1.29 is 9.94 Å². The molecular formula is C20H45NO2. The van der Waals surface area contributed by atoms with Crippen molar-refractivity contribution in [2.24, 2.45) is 11.8 Å². The van der Waals surface area contributed by atoms with E-state index in [0.29, 0.717) is 12.5 Å². The standard InChI is InChI=1S/C16H33NO2.2C2H6/c1-12(2)13-9-14(3,4)17(15(5,6)10-13)19-11-16(7,8)18;2*1-2/h12-13,18H,9-11H2,1-8H3;2*1-2H3. The third-order valence-corrected chi connectivity index (χ3v) is 4.11. The molecule has 0 saturated carbocycles. The van der Waals surface area contributed by atoms with Gasteiger partial charge in [0, 0.05) is 11.1 Å². The number of rotatable bonds is 4. The summed E-state index contributed by atoms with van der Waals surface area (Å²) in [6.07, 6.45) is 2.28. The monoisotopic (exact) mass is 331 g/mol. The van der Waals surface area contributed by atoms with Crippen LogP contribution < -0.4 is 0 Å². The summed E-state index contributed by atoms with van der Waals surface area (Å²) in [5, 5.41) is 12.0. The molecule has 0 unspecified atom stereocenters. The molecule has 0 aromatic carbocycles. The van der Waals surface area contributed by atoms with Crippen LogP contribution in [-0.2, 0) is 4.84 Å². The van der Waals surface area contributed by atoms with E-state index in [0.717, 1.165) is 18.8 Å². The van der Waals surface area contributed by atoms with Gasteiger partial charge in [0.15, 0.2) is 0 Å². The largest absolute Gasteiger partial charge is 0.388 e. The zero-order valence-electron chi connectivity index (χ0n) is 18.1. The summed E-state index contributed by atoms with van der Waals surface area (Å²) in [5.74, 6) is 1.43. The molecule has 0 aliphatic carbocycles. The molecule has 0 aromatic heterocycles. The molecule has 1 aliphatic heterocycles. The van der Waals surface area contributed by atoms with Gasteiger partial charge in [-0.1, -0.05) is 41.5 Å². The van der Waals surface area contributed by atoms with Crippen molar-refractivity contribution in [3.63, 3.8) is 0 Å². The summed E-state index contributed by atoms with van der Waals surface area (Å²) in [6.45, 7) is 25.5. The molecule has 0 spiro atoms. The molecule has 3 nitrogen and oxygen atoms in total. The highest BCUT2D eigenvalue weighted by Gasteiger charge is 2.47. The topological polar surface area (TPSA) is 32.7 Å². The first kappa shape index (κ1) is 25.1. The summed E-state index contributed by atoms with van der Waals surface area (Å²) < 4.78 is 0. The third kappa shape index (κ3) is 8.51. The van der Waals surface area contributed by atoms with Crippen LogP contribution in [-0.4, -0.2) is 33.5 Å². The second-order valence-corrected chi connectivity index (χ2v) is 8.42. The first-order valence-corrected chi connectivity index (χ1v) is 9.51. The first-order valence-electron chi connectivity index (χ1n) is 9.51. The van der Waals surface area contributed by atoms with E-state index in [-0.39, 0.29) is 11.1 Å². The molecule has 142 valence electrons. The Balaban J connectivity index is 0. The van der Waals surface area contributed by atoms with Crippen molar-refractivity contribution in [3.8, 4) is 0 Å². The van der Waals surface area contributed by atoms with Gasteiger partial charge in [-0.25, -0.2) is 0 Å². The van der Waals surface area contributed by atoms with Gasteiger partial charge in [-0.05, 0) is 66.2 Å². The Labute approximate surface area is 146 Å². The number of piperidine rings is 1. The smallest absolute Gasteiger partial charge is 0.0967 e. The minimum absolute atomic E-state index is 0.00192. The van der Waals surface area contributed by atoms with Gasteiger partial charge < -0.3 is 5.11 Å². The second-order valence-electron chi connectivity index (χ2n) is 8.42. The zero-order valence-corrected chi connectivity index (χ0v) is 18.1. The SMILES string of the molecule is CC.CC.CC(C)C1CC(C)(C)N(OCC(C)(C)O)C(C)(C)C1. The van der Waals surface area contributed by atoms with Crippen molar-refractivity contribution in [1.82, 2.24) is 5.06 Å². The Hall–Kier alpha value is -0.120. The van der Waals surface area contributed by atoms with Crippen molar-refractivity contribution >= 4 is 0 Å². The van der Waals surface area contributed by atoms with Crippen molar-refractivity contribution in [2.75, 3.05) is 6.61 Å². The molecule has 1 N–H and O–H groups in total. The number of hydrogen-bond acceptors (Lipinski definition) is 3. The molecule has 1 fully saturated rings. The van der Waals surface area contributed by atoms with Gasteiger partial charge in [0.25, 0.3) is 0 Å². The van der Waals surface area contributed by atoms with Crippen molar-refractivity contribution in [3.05, 3.63) is 0 Å². The van der Waals surface area contributed by atoms with Crippen LogP contribution in [0.1, 0.15) is 95.9 Å². The number of aliphatic hydroxyl groups is 1. The van der Waals surface area contributed by atoms with Crippen LogP contribution in [0.25, 0.3) is 0 Å². The fourth-order valence-electron chi connectivity index (χ4n) is 3.38. The van der Waals surface area contributed by atoms with Gasteiger partial charge >= 0.3 is 0 Å². The molecule has 1 heterocycles. The molecule has 3 heteroatoms. The molecule has 0 bridgehead atoms. The van der Waals surface area contributed by atoms with Crippen LogP contribution in [0.15, 0.2) is 0 Å². The molecule has 0 amide bonds. The average molecular weight is 332 g/mol. The molecular weight excluding hydrogens is 286 g/mol. The predicted molar refractivity (Wildman–Crippen MR) is 103 cm³/mol. The lowest BCUT2D eigenvalue weighted by Crippen LogP contribution is -2.61. The highest BCUT2D eigenvalue weighted by Crippen LogP contribution is 2.44. The molecule has 1 saturated heterocycles. The summed E-state index contributed by atoms with van der Waals surface area (Å²) in [7, 11) is 0. The highest BCUT2D eigenvalue weighted by atomic mass is 16.7. The molecule has 0 aromatic rings. The molecule has 1 aliphatic rings. The maximum atomic E-state index is 9.88. The van der Waals surface area contributed by atoms with Crippen LogP contribution >= 0.6 is 0 Å². The number of hydrogen-bond donors (Lipinski definition) is 1. The minimum Gasteiger partial charge on any atom is -0.388 e. The summed E-state index contributed by atoms with van der Waals surface area (Å²) in [4.78, 5) is 5.99. The lowest BCUT2D eigenvalue weighted by Gasteiger charge is -2.55. The average Bonchev–Trinajstić information content (AvgIpc) is 2.39. The molecule has 0 atom stereocenters. The molecule has 0 radical (unpaired) electrons. The van der Waals surface area contributed by atoms with Crippen LogP contribution in [0.5, 0.6) is 0 Å². The van der Waals surface area contributed by atoms with E-state index in [2.05, 4.69) is 46.6 Å². The van der Waals surface area contributed by atoms with Gasteiger partial charge in [-0.2, -0.15) is 5.06 Å². The first-order chi connectivity index (χ1) is 10.4. The summed E-state index contributed by atoms with van der Waals surface area (Å²) in [6, 6.07) is 0. The van der Waals surface area contributed by atoms with Crippen molar-refractivity contribution in [2.45, 2.75) is 113 Å². The lowest BCUT2D eigenvalue weighted by molar-refractivity contribution is -0.304. The van der Waals surface area contributed by atoms with E-state index in [1.54, 1.807) is 13.8 Å². The molecule has 1 rings (SSSR count). The normalized spacial score (nSPS) is 21.1. The molecule has 23 heavy (non-hydrogen) atoms. The van der Waals surface area contributed by atoms with Crippen molar-refractivity contribution in [1.29, 1.82) is 0 Å². The Morgan fingerprint density at radius 2 is 1.35 bits per heavy atom. The zero-order chi connectivity index (χ0) is 19.1. The highest BCUT2D eigenvalue weighted by molar-refractivity contribution is 4.97. The second kappa shape index (κ2) is 10.0. The summed E-state index contributed by atoms with van der Waals surface area (Å²) in [5.41, 5.74) is -0.787. The maximum Gasteiger partial charge on any atom is 0.0967 e. The van der Waals surface area contributed by atoms with Gasteiger partial charge in [0.2, 0.25) is 0 Å². The van der Waals surface area contributed by atoms with E-state index in [1.807, 2.05) is 27.7 Å². The maximum absolute atomic E-state index is 9.88. The Morgan fingerprint density at radius 3 is 1.61 bits per heavy atom. The third-order valence-electron chi connectivity index (χ3n) is 4.11. The van der Waals surface area contributed by atoms with Gasteiger partial charge in [0.1, 0.15) is 0 Å². The fourth-order valence-corrected chi connectivity index (χ4v) is 3.38. The fraction of sp³-hybridized carbons (Fsp3) is 1.00. The predicted octanol–water partition coefficient (Wildman–Crippen LogP) is 5.67. The van der Waals surface area contributed by atoms with Crippen LogP contribution in [0.4, 0.5) is 0 Å². The van der Waals surface area contributed by atoms with E-state index >= 15 is 0 Å². The number of hydroxylamine groups is 2.